The van der Waals surface area contributed by atoms with Gasteiger partial charge < -0.3 is 15.2 Å². The van der Waals surface area contributed by atoms with Crippen molar-refractivity contribution in [3.05, 3.63) is 21.9 Å². The number of aryl methyl sites for hydroxylation is 1. The summed E-state index contributed by atoms with van der Waals surface area (Å²) >= 11 is 1.39. The molecule has 0 aromatic carbocycles. The lowest BCUT2D eigenvalue weighted by molar-refractivity contribution is 0.0843. The van der Waals surface area contributed by atoms with Crippen molar-refractivity contribution in [2.45, 2.75) is 13.0 Å². The first-order valence-electron chi connectivity index (χ1n) is 4.63. The highest BCUT2D eigenvalue weighted by molar-refractivity contribution is 7.12. The van der Waals surface area contributed by atoms with Gasteiger partial charge in [0.05, 0.1) is 24.1 Å². The Morgan fingerprint density at radius 3 is 2.93 bits per heavy atom. The molecule has 1 aromatic rings. The molecule has 4 nitrogen and oxygen atoms in total. The summed E-state index contributed by atoms with van der Waals surface area (Å²) in [5.74, 6) is -0.154. The van der Waals surface area contributed by atoms with E-state index < -0.39 is 0 Å². The van der Waals surface area contributed by atoms with Crippen molar-refractivity contribution in [3.8, 4) is 0 Å². The van der Waals surface area contributed by atoms with Gasteiger partial charge in [0, 0.05) is 7.11 Å². The van der Waals surface area contributed by atoms with Crippen molar-refractivity contribution >= 4 is 17.2 Å². The molecule has 0 bridgehead atoms. The molecule has 1 aromatic heterocycles. The quantitative estimate of drug-likeness (QED) is 0.785. The maximum Gasteiger partial charge on any atom is 0.261 e. The fourth-order valence-electron chi connectivity index (χ4n) is 1.20. The van der Waals surface area contributed by atoms with Gasteiger partial charge in [-0.1, -0.05) is 0 Å². The number of rotatable bonds is 5. The lowest BCUT2D eigenvalue weighted by Crippen LogP contribution is -2.40. The number of hydrogen-bond acceptors (Lipinski definition) is 4. The van der Waals surface area contributed by atoms with E-state index >= 15 is 0 Å². The Kier molecular flexibility index (Phi) is 4.74. The summed E-state index contributed by atoms with van der Waals surface area (Å²) in [5, 5.41) is 13.6. The van der Waals surface area contributed by atoms with Gasteiger partial charge in [-0.05, 0) is 23.9 Å². The first-order chi connectivity index (χ1) is 7.19. The third-order valence-corrected chi connectivity index (χ3v) is 3.01. The van der Waals surface area contributed by atoms with Gasteiger partial charge in [-0.25, -0.2) is 0 Å². The third kappa shape index (κ3) is 3.30. The van der Waals surface area contributed by atoms with Crippen LogP contribution in [0.15, 0.2) is 11.4 Å². The van der Waals surface area contributed by atoms with Crippen LogP contribution in [0.1, 0.15) is 15.2 Å². The van der Waals surface area contributed by atoms with E-state index in [0.717, 1.165) is 5.56 Å². The number of methoxy groups -OCH3 is 1. The van der Waals surface area contributed by atoms with E-state index in [0.29, 0.717) is 11.5 Å². The molecular formula is C10H15NO3S. The van der Waals surface area contributed by atoms with Crippen LogP contribution in [0.3, 0.4) is 0 Å². The van der Waals surface area contributed by atoms with E-state index in [1.807, 2.05) is 18.4 Å². The molecule has 0 saturated carbocycles. The van der Waals surface area contributed by atoms with Crippen LogP contribution < -0.4 is 5.32 Å². The Bertz CT molecular complexity index is 324. The minimum Gasteiger partial charge on any atom is -0.394 e. The normalized spacial score (nSPS) is 12.5. The topological polar surface area (TPSA) is 58.6 Å². The monoisotopic (exact) mass is 229 g/mol. The molecule has 0 aliphatic heterocycles. The Morgan fingerprint density at radius 2 is 2.47 bits per heavy atom. The summed E-state index contributed by atoms with van der Waals surface area (Å²) in [4.78, 5) is 12.4. The van der Waals surface area contributed by atoms with Crippen molar-refractivity contribution in [2.75, 3.05) is 20.3 Å². The molecule has 0 saturated heterocycles. The van der Waals surface area contributed by atoms with Gasteiger partial charge in [0.15, 0.2) is 0 Å². The average Bonchev–Trinajstić information content (AvgIpc) is 2.63. The van der Waals surface area contributed by atoms with Crippen LogP contribution in [-0.2, 0) is 4.74 Å². The van der Waals surface area contributed by atoms with E-state index in [-0.39, 0.29) is 18.6 Å². The summed E-state index contributed by atoms with van der Waals surface area (Å²) in [6.07, 6.45) is 0. The number of thiophene rings is 1. The molecule has 0 aliphatic rings. The molecule has 1 amide bonds. The number of nitrogens with one attached hydrogen (secondary N) is 1. The lowest BCUT2D eigenvalue weighted by Gasteiger charge is -2.14. The molecule has 0 aliphatic carbocycles. The summed E-state index contributed by atoms with van der Waals surface area (Å²) in [5.41, 5.74) is 0.951. The maximum absolute atomic E-state index is 11.7. The van der Waals surface area contributed by atoms with Crippen molar-refractivity contribution < 1.29 is 14.6 Å². The minimum atomic E-state index is -0.344. The first-order valence-corrected chi connectivity index (χ1v) is 5.51. The van der Waals surface area contributed by atoms with E-state index in [9.17, 15) is 4.79 Å². The van der Waals surface area contributed by atoms with Crippen LogP contribution in [-0.4, -0.2) is 37.4 Å². The highest BCUT2D eigenvalue weighted by Crippen LogP contribution is 2.15. The van der Waals surface area contributed by atoms with Crippen LogP contribution in [0.25, 0.3) is 0 Å². The van der Waals surface area contributed by atoms with Crippen LogP contribution >= 0.6 is 11.3 Å². The fraction of sp³-hybridized carbons (Fsp3) is 0.500. The molecule has 5 heteroatoms. The van der Waals surface area contributed by atoms with Crippen LogP contribution in [0.5, 0.6) is 0 Å². The summed E-state index contributed by atoms with van der Waals surface area (Å²) < 4.78 is 4.87. The molecular weight excluding hydrogens is 214 g/mol. The molecule has 84 valence electrons. The van der Waals surface area contributed by atoms with E-state index in [1.165, 1.54) is 18.4 Å². The van der Waals surface area contributed by atoms with Crippen molar-refractivity contribution in [1.29, 1.82) is 0 Å². The van der Waals surface area contributed by atoms with Crippen LogP contribution in [0.4, 0.5) is 0 Å². The zero-order chi connectivity index (χ0) is 11.3. The van der Waals surface area contributed by atoms with Gasteiger partial charge in [-0.15, -0.1) is 11.3 Å². The highest BCUT2D eigenvalue weighted by Gasteiger charge is 2.15. The van der Waals surface area contributed by atoms with Crippen molar-refractivity contribution in [3.63, 3.8) is 0 Å². The second kappa shape index (κ2) is 5.85. The number of amides is 1. The molecule has 0 fully saturated rings. The Hall–Kier alpha value is -0.910. The first kappa shape index (κ1) is 12.2. The predicted molar refractivity (Wildman–Crippen MR) is 59.3 cm³/mol. The van der Waals surface area contributed by atoms with Gasteiger partial charge in [0.25, 0.3) is 5.91 Å². The standard InChI is InChI=1S/C10H15NO3S/c1-7-3-4-15-9(7)10(13)11-8(5-12)6-14-2/h3-4,8,12H,5-6H2,1-2H3,(H,11,13). The molecule has 1 rings (SSSR count). The smallest absolute Gasteiger partial charge is 0.261 e. The van der Waals surface area contributed by atoms with Crippen molar-refractivity contribution in [2.24, 2.45) is 0 Å². The summed E-state index contributed by atoms with van der Waals surface area (Å²) in [6.45, 7) is 2.08. The van der Waals surface area contributed by atoms with Gasteiger partial charge in [0.2, 0.25) is 0 Å². The molecule has 2 N–H and O–H groups in total. The summed E-state index contributed by atoms with van der Waals surface area (Å²) in [6, 6.07) is 1.55. The molecule has 1 unspecified atom stereocenters. The number of aliphatic hydroxyl groups is 1. The zero-order valence-corrected chi connectivity index (χ0v) is 9.63. The Morgan fingerprint density at radius 1 is 1.73 bits per heavy atom. The van der Waals surface area contributed by atoms with Gasteiger partial charge in [-0.3, -0.25) is 4.79 Å². The molecule has 1 atom stereocenters. The van der Waals surface area contributed by atoms with Crippen molar-refractivity contribution in [1.82, 2.24) is 5.32 Å². The fourth-order valence-corrected chi connectivity index (χ4v) is 2.03. The van der Waals surface area contributed by atoms with Gasteiger partial charge in [-0.2, -0.15) is 0 Å². The number of carbonyl (C=O) groups is 1. The maximum atomic E-state index is 11.7. The average molecular weight is 229 g/mol. The lowest BCUT2D eigenvalue weighted by atomic mass is 10.2. The van der Waals surface area contributed by atoms with Crippen LogP contribution in [0, 0.1) is 6.92 Å². The zero-order valence-electron chi connectivity index (χ0n) is 8.82. The number of carbonyl (C=O) groups excluding carboxylic acids is 1. The minimum absolute atomic E-state index is 0.121. The molecule has 1 heterocycles. The largest absolute Gasteiger partial charge is 0.394 e. The number of aliphatic hydroxyl groups excluding tert-OH is 1. The predicted octanol–water partition coefficient (Wildman–Crippen LogP) is 0.794. The number of hydrogen-bond donors (Lipinski definition) is 2. The second-order valence-corrected chi connectivity index (χ2v) is 4.16. The third-order valence-electron chi connectivity index (χ3n) is 1.99. The van der Waals surface area contributed by atoms with E-state index in [2.05, 4.69) is 5.32 Å². The van der Waals surface area contributed by atoms with E-state index in [1.54, 1.807) is 0 Å². The highest BCUT2D eigenvalue weighted by atomic mass is 32.1. The van der Waals surface area contributed by atoms with E-state index in [4.69, 9.17) is 9.84 Å². The SMILES string of the molecule is COCC(CO)NC(=O)c1sccc1C. The molecule has 0 spiro atoms. The van der Waals surface area contributed by atoms with Gasteiger partial charge >= 0.3 is 0 Å². The number of ether oxygens (including phenoxy) is 1. The summed E-state index contributed by atoms with van der Waals surface area (Å²) in [7, 11) is 1.53. The molecule has 15 heavy (non-hydrogen) atoms. The van der Waals surface area contributed by atoms with Crippen LogP contribution in [0.2, 0.25) is 0 Å². The molecule has 0 radical (unpaired) electrons. The second-order valence-electron chi connectivity index (χ2n) is 3.24. The Labute approximate surface area is 92.9 Å². The Balaban J connectivity index is 2.58. The van der Waals surface area contributed by atoms with Gasteiger partial charge in [0.1, 0.15) is 0 Å².